The van der Waals surface area contributed by atoms with Gasteiger partial charge in [0, 0.05) is 38.3 Å². The van der Waals surface area contributed by atoms with E-state index in [0.29, 0.717) is 17.1 Å². The van der Waals surface area contributed by atoms with Gasteiger partial charge in [-0.3, -0.25) is 4.79 Å². The lowest BCUT2D eigenvalue weighted by molar-refractivity contribution is 0.0948. The van der Waals surface area contributed by atoms with Crippen LogP contribution in [0.4, 0.5) is 0 Å². The van der Waals surface area contributed by atoms with Gasteiger partial charge in [0.15, 0.2) is 0 Å². The fourth-order valence-electron chi connectivity index (χ4n) is 3.56. The summed E-state index contributed by atoms with van der Waals surface area (Å²) in [6.07, 6.45) is 0.972. The van der Waals surface area contributed by atoms with Crippen molar-refractivity contribution in [2.24, 2.45) is 0 Å². The summed E-state index contributed by atoms with van der Waals surface area (Å²) < 4.78 is 1.80. The molecule has 0 aliphatic carbocycles. The molecule has 0 unspecified atom stereocenters. The highest BCUT2D eigenvalue weighted by atomic mass is 35.5. The van der Waals surface area contributed by atoms with Crippen LogP contribution in [-0.2, 0) is 0 Å². The van der Waals surface area contributed by atoms with Gasteiger partial charge in [-0.15, -0.1) is 0 Å². The Morgan fingerprint density at radius 2 is 1.75 bits per heavy atom. The molecule has 28 heavy (non-hydrogen) atoms. The van der Waals surface area contributed by atoms with Gasteiger partial charge in [-0.1, -0.05) is 18.5 Å². The van der Waals surface area contributed by atoms with Crippen LogP contribution in [0.5, 0.6) is 0 Å². The maximum Gasteiger partial charge on any atom is 0.251 e. The maximum atomic E-state index is 12.4. The average Bonchev–Trinajstić information content (AvgIpc) is 2.99. The predicted octanol–water partition coefficient (Wildman–Crippen LogP) is 2.90. The van der Waals surface area contributed by atoms with Crippen LogP contribution in [0, 0.1) is 13.8 Å². The predicted molar refractivity (Wildman–Crippen MR) is 114 cm³/mol. The third-order valence-electron chi connectivity index (χ3n) is 5.43. The first-order valence-electron chi connectivity index (χ1n) is 10.0. The summed E-state index contributed by atoms with van der Waals surface area (Å²) in [5.41, 5.74) is 3.26. The topological polar surface area (TPSA) is 53.4 Å². The standard InChI is InChI=1S/C21H30ClN5O/c1-4-25-12-14-26(15-13-25)11-5-10-23-21(28)18-6-8-19(9-7-18)27-17(3)20(22)16(2)24-27/h6-9H,4-5,10-15H2,1-3H3,(H,23,28). The number of rotatable bonds is 7. The van der Waals surface area contributed by atoms with Crippen LogP contribution < -0.4 is 5.32 Å². The number of nitrogens with zero attached hydrogens (tertiary/aromatic N) is 4. The molecule has 1 aliphatic rings. The van der Waals surface area contributed by atoms with Crippen LogP contribution in [0.2, 0.25) is 5.02 Å². The van der Waals surface area contributed by atoms with E-state index < -0.39 is 0 Å². The first-order valence-corrected chi connectivity index (χ1v) is 10.4. The van der Waals surface area contributed by atoms with Gasteiger partial charge in [-0.25, -0.2) is 4.68 Å². The van der Waals surface area contributed by atoms with Gasteiger partial charge in [0.2, 0.25) is 0 Å². The van der Waals surface area contributed by atoms with Gasteiger partial charge in [-0.05, 0) is 57.6 Å². The number of aryl methyl sites for hydroxylation is 1. The van der Waals surface area contributed by atoms with E-state index in [2.05, 4.69) is 27.1 Å². The van der Waals surface area contributed by atoms with Crippen LogP contribution >= 0.6 is 11.6 Å². The maximum absolute atomic E-state index is 12.4. The highest BCUT2D eigenvalue weighted by molar-refractivity contribution is 6.31. The number of halogens is 1. The Labute approximate surface area is 172 Å². The van der Waals surface area contributed by atoms with Gasteiger partial charge < -0.3 is 15.1 Å². The van der Waals surface area contributed by atoms with Crippen molar-refractivity contribution in [3.63, 3.8) is 0 Å². The SMILES string of the molecule is CCN1CCN(CCCNC(=O)c2ccc(-n3nc(C)c(Cl)c3C)cc2)CC1. The zero-order valence-corrected chi connectivity index (χ0v) is 17.8. The van der Waals surface area contributed by atoms with Crippen LogP contribution in [0.3, 0.4) is 0 Å². The number of benzene rings is 1. The molecule has 1 N–H and O–H groups in total. The summed E-state index contributed by atoms with van der Waals surface area (Å²) in [7, 11) is 0. The second kappa shape index (κ2) is 9.54. The minimum atomic E-state index is -0.0336. The van der Waals surface area contributed by atoms with E-state index in [4.69, 9.17) is 11.6 Å². The van der Waals surface area contributed by atoms with Gasteiger partial charge in [-0.2, -0.15) is 5.10 Å². The lowest BCUT2D eigenvalue weighted by atomic mass is 10.2. The second-order valence-electron chi connectivity index (χ2n) is 7.33. The van der Waals surface area contributed by atoms with Crippen LogP contribution in [0.25, 0.3) is 5.69 Å². The molecule has 1 aliphatic heterocycles. The molecule has 6 nitrogen and oxygen atoms in total. The number of carbonyl (C=O) groups is 1. The van der Waals surface area contributed by atoms with Crippen molar-refractivity contribution in [3.8, 4) is 5.69 Å². The Hall–Kier alpha value is -1.89. The third-order valence-corrected chi connectivity index (χ3v) is 5.97. The number of aromatic nitrogens is 2. The second-order valence-corrected chi connectivity index (χ2v) is 7.71. The monoisotopic (exact) mass is 403 g/mol. The van der Waals surface area contributed by atoms with E-state index >= 15 is 0 Å². The number of amides is 1. The van der Waals surface area contributed by atoms with Crippen LogP contribution in [-0.4, -0.2) is 71.3 Å². The lowest BCUT2D eigenvalue weighted by Gasteiger charge is -2.33. The summed E-state index contributed by atoms with van der Waals surface area (Å²) >= 11 is 6.22. The van der Waals surface area contributed by atoms with Crippen molar-refractivity contribution >= 4 is 17.5 Å². The molecule has 0 bridgehead atoms. The summed E-state index contributed by atoms with van der Waals surface area (Å²) in [6.45, 7) is 13.4. The Balaban J connectivity index is 1.45. The molecule has 0 spiro atoms. The molecule has 3 rings (SSSR count). The van der Waals surface area contributed by atoms with E-state index in [1.807, 2.05) is 38.1 Å². The molecule has 0 atom stereocenters. The van der Waals surface area contributed by atoms with E-state index in [1.54, 1.807) is 4.68 Å². The smallest absolute Gasteiger partial charge is 0.251 e. The highest BCUT2D eigenvalue weighted by Crippen LogP contribution is 2.22. The van der Waals surface area contributed by atoms with Gasteiger partial charge in [0.25, 0.3) is 5.91 Å². The number of piperazine rings is 1. The molecule has 0 radical (unpaired) electrons. The Morgan fingerprint density at radius 1 is 1.11 bits per heavy atom. The molecule has 7 heteroatoms. The first kappa shape index (κ1) is 20.8. The number of carbonyl (C=O) groups excluding carboxylic acids is 1. The lowest BCUT2D eigenvalue weighted by Crippen LogP contribution is -2.46. The number of hydrogen-bond donors (Lipinski definition) is 1. The minimum absolute atomic E-state index is 0.0336. The fraction of sp³-hybridized carbons (Fsp3) is 0.524. The number of hydrogen-bond acceptors (Lipinski definition) is 4. The summed E-state index contributed by atoms with van der Waals surface area (Å²) in [5, 5.41) is 8.15. The molecule has 2 heterocycles. The zero-order chi connectivity index (χ0) is 20.1. The Morgan fingerprint density at radius 3 is 2.32 bits per heavy atom. The van der Waals surface area contributed by atoms with Crippen molar-refractivity contribution < 1.29 is 4.79 Å². The van der Waals surface area contributed by atoms with E-state index in [0.717, 1.165) is 62.8 Å². The van der Waals surface area contributed by atoms with Gasteiger partial charge in [0.05, 0.1) is 22.1 Å². The summed E-state index contributed by atoms with van der Waals surface area (Å²) in [4.78, 5) is 17.3. The quantitative estimate of drug-likeness (QED) is 0.722. The first-order chi connectivity index (χ1) is 13.5. The summed E-state index contributed by atoms with van der Waals surface area (Å²) in [5.74, 6) is -0.0336. The number of nitrogens with one attached hydrogen (secondary N) is 1. The molecular formula is C21H30ClN5O. The van der Waals surface area contributed by atoms with E-state index in [9.17, 15) is 4.79 Å². The fourth-order valence-corrected chi connectivity index (χ4v) is 3.68. The Bertz CT molecular complexity index is 794. The normalized spacial score (nSPS) is 15.7. The molecule has 1 saturated heterocycles. The molecule has 2 aromatic rings. The molecular weight excluding hydrogens is 374 g/mol. The average molecular weight is 404 g/mol. The van der Waals surface area contributed by atoms with Crippen molar-refractivity contribution in [3.05, 3.63) is 46.2 Å². The van der Waals surface area contributed by atoms with Crippen molar-refractivity contribution in [1.82, 2.24) is 24.9 Å². The third kappa shape index (κ3) is 4.93. The van der Waals surface area contributed by atoms with Crippen LogP contribution in [0.15, 0.2) is 24.3 Å². The van der Waals surface area contributed by atoms with Gasteiger partial charge >= 0.3 is 0 Å². The molecule has 1 aromatic carbocycles. The molecule has 1 fully saturated rings. The molecule has 152 valence electrons. The molecule has 0 saturated carbocycles. The zero-order valence-electron chi connectivity index (χ0n) is 17.0. The number of likely N-dealkylation sites (N-methyl/N-ethyl adjacent to an activating group) is 1. The van der Waals surface area contributed by atoms with Crippen molar-refractivity contribution in [2.75, 3.05) is 45.8 Å². The van der Waals surface area contributed by atoms with Crippen LogP contribution in [0.1, 0.15) is 35.1 Å². The molecule has 1 amide bonds. The minimum Gasteiger partial charge on any atom is -0.352 e. The van der Waals surface area contributed by atoms with Gasteiger partial charge in [0.1, 0.15) is 0 Å². The largest absolute Gasteiger partial charge is 0.352 e. The van der Waals surface area contributed by atoms with Crippen molar-refractivity contribution in [2.45, 2.75) is 27.2 Å². The summed E-state index contributed by atoms with van der Waals surface area (Å²) in [6, 6.07) is 7.47. The Kier molecular flexibility index (Phi) is 7.10. The van der Waals surface area contributed by atoms with E-state index in [-0.39, 0.29) is 5.91 Å². The van der Waals surface area contributed by atoms with E-state index in [1.165, 1.54) is 0 Å². The molecule has 1 aromatic heterocycles. The highest BCUT2D eigenvalue weighted by Gasteiger charge is 2.15. The van der Waals surface area contributed by atoms with Crippen molar-refractivity contribution in [1.29, 1.82) is 0 Å².